The standard InChI is InChI=1S/C12H14ClN3O3S2/c1-3-14-11(17)7(2)16-21(18,19)8-4-5-10-9(6-8)15-12(13)20-10/h4-7,16H,3H2,1-2H3,(H,14,17). The van der Waals surface area contributed by atoms with Crippen molar-refractivity contribution in [2.24, 2.45) is 0 Å². The van der Waals surface area contributed by atoms with Crippen LogP contribution in [0.15, 0.2) is 23.1 Å². The van der Waals surface area contributed by atoms with Gasteiger partial charge in [0.05, 0.1) is 21.2 Å². The number of carbonyl (C=O) groups is 1. The first-order valence-electron chi connectivity index (χ1n) is 6.19. The summed E-state index contributed by atoms with van der Waals surface area (Å²) in [6.45, 7) is 3.69. The van der Waals surface area contributed by atoms with Gasteiger partial charge in [-0.25, -0.2) is 13.4 Å². The number of rotatable bonds is 5. The van der Waals surface area contributed by atoms with E-state index in [4.69, 9.17) is 11.6 Å². The number of nitrogens with zero attached hydrogens (tertiary/aromatic N) is 1. The van der Waals surface area contributed by atoms with Crippen LogP contribution in [0.1, 0.15) is 13.8 Å². The van der Waals surface area contributed by atoms with E-state index in [1.54, 1.807) is 13.0 Å². The molecule has 1 amide bonds. The van der Waals surface area contributed by atoms with Crippen molar-refractivity contribution in [3.05, 3.63) is 22.7 Å². The molecule has 0 fully saturated rings. The fraction of sp³-hybridized carbons (Fsp3) is 0.333. The van der Waals surface area contributed by atoms with Gasteiger partial charge in [0.15, 0.2) is 4.47 Å². The van der Waals surface area contributed by atoms with E-state index in [-0.39, 0.29) is 10.8 Å². The molecule has 1 unspecified atom stereocenters. The number of benzene rings is 1. The van der Waals surface area contributed by atoms with E-state index in [0.29, 0.717) is 16.5 Å². The average molecular weight is 348 g/mol. The molecule has 6 nitrogen and oxygen atoms in total. The Labute approximate surface area is 131 Å². The summed E-state index contributed by atoms with van der Waals surface area (Å²) in [5, 5.41) is 2.56. The van der Waals surface area contributed by atoms with Crippen molar-refractivity contribution in [3.8, 4) is 0 Å². The second-order valence-electron chi connectivity index (χ2n) is 4.33. The number of likely N-dealkylation sites (N-methyl/N-ethyl adjacent to an activating group) is 1. The van der Waals surface area contributed by atoms with Crippen LogP contribution in [0, 0.1) is 0 Å². The second kappa shape index (κ2) is 6.27. The Kier molecular flexibility index (Phi) is 4.82. The highest BCUT2D eigenvalue weighted by atomic mass is 35.5. The van der Waals surface area contributed by atoms with Gasteiger partial charge in [-0.15, -0.1) is 11.3 Å². The van der Waals surface area contributed by atoms with Crippen LogP contribution >= 0.6 is 22.9 Å². The Morgan fingerprint density at radius 1 is 1.48 bits per heavy atom. The van der Waals surface area contributed by atoms with Crippen LogP contribution in [0.25, 0.3) is 10.2 Å². The molecule has 0 spiro atoms. The zero-order chi connectivity index (χ0) is 15.6. The molecule has 2 rings (SSSR count). The van der Waals surface area contributed by atoms with Crippen LogP contribution < -0.4 is 10.0 Å². The van der Waals surface area contributed by atoms with Crippen LogP contribution in [0.2, 0.25) is 4.47 Å². The Bertz CT molecular complexity index is 773. The van der Waals surface area contributed by atoms with Gasteiger partial charge in [0.1, 0.15) is 0 Å². The van der Waals surface area contributed by atoms with Gasteiger partial charge in [-0.1, -0.05) is 11.6 Å². The molecular formula is C12H14ClN3O3S2. The van der Waals surface area contributed by atoms with E-state index in [1.807, 2.05) is 0 Å². The molecule has 9 heteroatoms. The van der Waals surface area contributed by atoms with Gasteiger partial charge >= 0.3 is 0 Å². The van der Waals surface area contributed by atoms with Gasteiger partial charge in [0, 0.05) is 6.54 Å². The number of hydrogen-bond donors (Lipinski definition) is 2. The van der Waals surface area contributed by atoms with Gasteiger partial charge in [-0.2, -0.15) is 4.72 Å². The fourth-order valence-electron chi connectivity index (χ4n) is 1.73. The largest absolute Gasteiger partial charge is 0.355 e. The number of nitrogens with one attached hydrogen (secondary N) is 2. The van der Waals surface area contributed by atoms with Crippen molar-refractivity contribution in [3.63, 3.8) is 0 Å². The number of aromatic nitrogens is 1. The quantitative estimate of drug-likeness (QED) is 0.862. The summed E-state index contributed by atoms with van der Waals surface area (Å²) >= 11 is 7.07. The fourth-order valence-corrected chi connectivity index (χ4v) is 3.96. The molecule has 1 heterocycles. The molecule has 2 aromatic rings. The van der Waals surface area contributed by atoms with E-state index >= 15 is 0 Å². The second-order valence-corrected chi connectivity index (χ2v) is 7.66. The Morgan fingerprint density at radius 2 is 2.19 bits per heavy atom. The van der Waals surface area contributed by atoms with Gasteiger partial charge in [0.25, 0.3) is 0 Å². The molecule has 1 aromatic heterocycles. The van der Waals surface area contributed by atoms with Crippen LogP contribution in [-0.4, -0.2) is 31.9 Å². The normalized spacial score (nSPS) is 13.3. The van der Waals surface area contributed by atoms with Gasteiger partial charge < -0.3 is 5.32 Å². The van der Waals surface area contributed by atoms with E-state index in [9.17, 15) is 13.2 Å². The summed E-state index contributed by atoms with van der Waals surface area (Å²) in [5.74, 6) is -0.376. The van der Waals surface area contributed by atoms with Crippen LogP contribution in [0.5, 0.6) is 0 Å². The maximum absolute atomic E-state index is 12.3. The van der Waals surface area contributed by atoms with Crippen LogP contribution in [-0.2, 0) is 14.8 Å². The molecule has 0 aliphatic rings. The molecule has 2 N–H and O–H groups in total. The van der Waals surface area contributed by atoms with E-state index in [0.717, 1.165) is 4.70 Å². The van der Waals surface area contributed by atoms with Crippen molar-refractivity contribution in [2.45, 2.75) is 24.8 Å². The number of fused-ring (bicyclic) bond motifs is 1. The molecule has 1 aromatic carbocycles. The topological polar surface area (TPSA) is 88.2 Å². The number of halogens is 1. The first-order chi connectivity index (χ1) is 9.83. The molecule has 0 aliphatic carbocycles. The average Bonchev–Trinajstić information content (AvgIpc) is 2.77. The van der Waals surface area contributed by atoms with E-state index < -0.39 is 16.1 Å². The Hall–Kier alpha value is -1.22. The highest BCUT2D eigenvalue weighted by Crippen LogP contribution is 2.27. The lowest BCUT2D eigenvalue weighted by Gasteiger charge is -2.13. The Morgan fingerprint density at radius 3 is 2.86 bits per heavy atom. The number of carbonyl (C=O) groups excluding carboxylic acids is 1. The molecule has 0 bridgehead atoms. The summed E-state index contributed by atoms with van der Waals surface area (Å²) in [7, 11) is -3.79. The maximum Gasteiger partial charge on any atom is 0.241 e. The lowest BCUT2D eigenvalue weighted by molar-refractivity contribution is -0.122. The minimum atomic E-state index is -3.79. The lowest BCUT2D eigenvalue weighted by atomic mass is 10.3. The zero-order valence-corrected chi connectivity index (χ0v) is 13.8. The number of thiazole rings is 1. The highest BCUT2D eigenvalue weighted by molar-refractivity contribution is 7.89. The molecule has 1 atom stereocenters. The van der Waals surface area contributed by atoms with Crippen LogP contribution in [0.3, 0.4) is 0 Å². The summed E-state index contributed by atoms with van der Waals surface area (Å²) in [6, 6.07) is 3.68. The number of sulfonamides is 1. The third-order valence-electron chi connectivity index (χ3n) is 2.72. The number of hydrogen-bond acceptors (Lipinski definition) is 5. The molecule has 0 saturated heterocycles. The minimum absolute atomic E-state index is 0.0492. The molecule has 21 heavy (non-hydrogen) atoms. The first kappa shape index (κ1) is 16.2. The van der Waals surface area contributed by atoms with E-state index in [2.05, 4.69) is 15.0 Å². The summed E-state index contributed by atoms with van der Waals surface area (Å²) < 4.78 is 28.0. The van der Waals surface area contributed by atoms with Gasteiger partial charge in [0.2, 0.25) is 15.9 Å². The predicted octanol–water partition coefficient (Wildman–Crippen LogP) is 1.75. The summed E-state index contributed by atoms with van der Waals surface area (Å²) in [6.07, 6.45) is 0. The molecule has 0 aliphatic heterocycles. The van der Waals surface area contributed by atoms with Crippen LogP contribution in [0.4, 0.5) is 0 Å². The maximum atomic E-state index is 12.3. The summed E-state index contributed by atoms with van der Waals surface area (Å²) in [4.78, 5) is 15.7. The smallest absolute Gasteiger partial charge is 0.241 e. The minimum Gasteiger partial charge on any atom is -0.355 e. The monoisotopic (exact) mass is 347 g/mol. The van der Waals surface area contributed by atoms with E-state index in [1.165, 1.54) is 30.4 Å². The molecule has 114 valence electrons. The SMILES string of the molecule is CCNC(=O)C(C)NS(=O)(=O)c1ccc2sc(Cl)nc2c1. The van der Waals surface area contributed by atoms with Crippen molar-refractivity contribution in [2.75, 3.05) is 6.54 Å². The van der Waals surface area contributed by atoms with Crippen molar-refractivity contribution >= 4 is 49.1 Å². The van der Waals surface area contributed by atoms with Crippen molar-refractivity contribution < 1.29 is 13.2 Å². The predicted molar refractivity (Wildman–Crippen MR) is 83.1 cm³/mol. The summed E-state index contributed by atoms with van der Waals surface area (Å²) in [5.41, 5.74) is 0.513. The third-order valence-corrected chi connectivity index (χ3v) is 5.40. The first-order valence-corrected chi connectivity index (χ1v) is 8.87. The third kappa shape index (κ3) is 3.70. The van der Waals surface area contributed by atoms with Gasteiger partial charge in [-0.05, 0) is 32.0 Å². The Balaban J connectivity index is 2.26. The lowest BCUT2D eigenvalue weighted by Crippen LogP contribution is -2.44. The van der Waals surface area contributed by atoms with Gasteiger partial charge in [-0.3, -0.25) is 4.79 Å². The molecular weight excluding hydrogens is 334 g/mol. The van der Waals surface area contributed by atoms with Crippen molar-refractivity contribution in [1.29, 1.82) is 0 Å². The molecule has 0 saturated carbocycles. The molecule has 0 radical (unpaired) electrons. The number of amides is 1. The van der Waals surface area contributed by atoms with Crippen molar-refractivity contribution in [1.82, 2.24) is 15.0 Å². The zero-order valence-electron chi connectivity index (χ0n) is 11.4. The highest BCUT2D eigenvalue weighted by Gasteiger charge is 2.22.